The van der Waals surface area contributed by atoms with E-state index in [0.717, 1.165) is 45.4 Å². The van der Waals surface area contributed by atoms with E-state index < -0.39 is 0 Å². The van der Waals surface area contributed by atoms with Crippen LogP contribution in [-0.2, 0) is 4.79 Å². The van der Waals surface area contributed by atoms with Crippen LogP contribution >= 0.6 is 24.8 Å². The molecule has 0 spiro atoms. The fourth-order valence-electron chi connectivity index (χ4n) is 2.95. The summed E-state index contributed by atoms with van der Waals surface area (Å²) in [7, 11) is 0. The molecule has 19 heavy (non-hydrogen) atoms. The summed E-state index contributed by atoms with van der Waals surface area (Å²) >= 11 is 0. The first-order valence-electron chi connectivity index (χ1n) is 7.06. The van der Waals surface area contributed by atoms with E-state index in [0.29, 0.717) is 6.04 Å². The molecule has 1 unspecified atom stereocenters. The molecule has 0 saturated carbocycles. The van der Waals surface area contributed by atoms with Gasteiger partial charge < -0.3 is 10.6 Å². The van der Waals surface area contributed by atoms with Crippen molar-refractivity contribution in [2.24, 2.45) is 0 Å². The molecule has 2 saturated heterocycles. The quantitative estimate of drug-likeness (QED) is 0.828. The van der Waals surface area contributed by atoms with Crippen molar-refractivity contribution in [3.05, 3.63) is 0 Å². The van der Waals surface area contributed by atoms with Crippen LogP contribution < -0.4 is 10.6 Å². The van der Waals surface area contributed by atoms with E-state index in [9.17, 15) is 4.79 Å². The summed E-state index contributed by atoms with van der Waals surface area (Å²) in [6.07, 6.45) is 5.63. The van der Waals surface area contributed by atoms with Crippen LogP contribution in [0.5, 0.6) is 0 Å². The molecule has 2 fully saturated rings. The first-order chi connectivity index (χ1) is 8.31. The SMILES string of the molecule is CCCN1CCCC1C(=O)N[C@H]1CCCNC1.Cl.Cl. The molecule has 2 heterocycles. The number of likely N-dealkylation sites (tertiary alicyclic amines) is 1. The zero-order valence-corrected chi connectivity index (χ0v) is 13.3. The summed E-state index contributed by atoms with van der Waals surface area (Å²) in [5, 5.41) is 6.54. The van der Waals surface area contributed by atoms with Gasteiger partial charge in [-0.05, 0) is 51.7 Å². The molecule has 2 atom stereocenters. The van der Waals surface area contributed by atoms with E-state index in [4.69, 9.17) is 0 Å². The molecule has 2 aliphatic heterocycles. The molecule has 0 bridgehead atoms. The summed E-state index contributed by atoms with van der Waals surface area (Å²) in [4.78, 5) is 14.6. The van der Waals surface area contributed by atoms with Crippen LogP contribution in [0.25, 0.3) is 0 Å². The van der Waals surface area contributed by atoms with Crippen LogP contribution in [0.1, 0.15) is 39.0 Å². The van der Waals surface area contributed by atoms with E-state index >= 15 is 0 Å². The molecule has 2 aliphatic rings. The fraction of sp³-hybridized carbons (Fsp3) is 0.923. The van der Waals surface area contributed by atoms with Crippen molar-refractivity contribution in [1.82, 2.24) is 15.5 Å². The van der Waals surface area contributed by atoms with Crippen molar-refractivity contribution in [3.63, 3.8) is 0 Å². The number of nitrogens with zero attached hydrogens (tertiary/aromatic N) is 1. The number of amides is 1. The number of carbonyl (C=O) groups is 1. The summed E-state index contributed by atoms with van der Waals surface area (Å²) in [6.45, 7) is 6.36. The number of carbonyl (C=O) groups excluding carboxylic acids is 1. The molecule has 0 aromatic heterocycles. The molecule has 0 radical (unpaired) electrons. The zero-order valence-electron chi connectivity index (χ0n) is 11.7. The predicted molar refractivity (Wildman–Crippen MR) is 83.4 cm³/mol. The van der Waals surface area contributed by atoms with Gasteiger partial charge in [0.2, 0.25) is 5.91 Å². The molecule has 1 amide bonds. The maximum absolute atomic E-state index is 12.2. The van der Waals surface area contributed by atoms with E-state index in [-0.39, 0.29) is 36.8 Å². The maximum Gasteiger partial charge on any atom is 0.237 e. The standard InChI is InChI=1S/C13H25N3O.2ClH/c1-2-8-16-9-4-6-12(16)13(17)15-11-5-3-7-14-10-11;;/h11-12,14H,2-10H2,1H3,(H,15,17);2*1H/t11-,12?;;/m0../s1. The highest BCUT2D eigenvalue weighted by Crippen LogP contribution is 2.18. The molecule has 2 rings (SSSR count). The lowest BCUT2D eigenvalue weighted by Gasteiger charge is -2.28. The third kappa shape index (κ3) is 5.46. The Balaban J connectivity index is 0.00000162. The van der Waals surface area contributed by atoms with Crippen LogP contribution in [0.2, 0.25) is 0 Å². The highest BCUT2D eigenvalue weighted by atomic mass is 35.5. The third-order valence-electron chi connectivity index (χ3n) is 3.82. The Morgan fingerprint density at radius 3 is 2.74 bits per heavy atom. The first-order valence-corrected chi connectivity index (χ1v) is 7.06. The Morgan fingerprint density at radius 1 is 1.32 bits per heavy atom. The van der Waals surface area contributed by atoms with Gasteiger partial charge in [0.1, 0.15) is 0 Å². The molecular formula is C13H27Cl2N3O. The topological polar surface area (TPSA) is 44.4 Å². The van der Waals surface area contributed by atoms with Gasteiger partial charge in [-0.2, -0.15) is 0 Å². The highest BCUT2D eigenvalue weighted by Gasteiger charge is 2.31. The minimum absolute atomic E-state index is 0. The van der Waals surface area contributed by atoms with Crippen molar-refractivity contribution in [2.75, 3.05) is 26.2 Å². The fourth-order valence-corrected chi connectivity index (χ4v) is 2.95. The van der Waals surface area contributed by atoms with Crippen molar-refractivity contribution in [3.8, 4) is 0 Å². The van der Waals surface area contributed by atoms with Gasteiger partial charge in [-0.3, -0.25) is 9.69 Å². The van der Waals surface area contributed by atoms with Gasteiger partial charge in [-0.25, -0.2) is 0 Å². The second kappa shape index (κ2) is 9.81. The molecular weight excluding hydrogens is 285 g/mol. The van der Waals surface area contributed by atoms with E-state index in [1.807, 2.05) is 0 Å². The summed E-state index contributed by atoms with van der Waals surface area (Å²) < 4.78 is 0. The van der Waals surface area contributed by atoms with Gasteiger partial charge in [0.25, 0.3) is 0 Å². The average molecular weight is 312 g/mol. The van der Waals surface area contributed by atoms with Crippen molar-refractivity contribution in [2.45, 2.75) is 51.1 Å². The number of hydrogen-bond acceptors (Lipinski definition) is 3. The van der Waals surface area contributed by atoms with Crippen molar-refractivity contribution < 1.29 is 4.79 Å². The Morgan fingerprint density at radius 2 is 2.11 bits per heavy atom. The van der Waals surface area contributed by atoms with Crippen molar-refractivity contribution in [1.29, 1.82) is 0 Å². The van der Waals surface area contributed by atoms with Crippen LogP contribution in [0.15, 0.2) is 0 Å². The average Bonchev–Trinajstić information content (AvgIpc) is 2.79. The molecule has 0 aromatic rings. The Labute approximate surface area is 128 Å². The second-order valence-corrected chi connectivity index (χ2v) is 5.25. The number of rotatable bonds is 4. The van der Waals surface area contributed by atoms with E-state index in [2.05, 4.69) is 22.5 Å². The lowest BCUT2D eigenvalue weighted by molar-refractivity contribution is -0.126. The normalized spacial score (nSPS) is 27.2. The van der Waals surface area contributed by atoms with E-state index in [1.54, 1.807) is 0 Å². The van der Waals surface area contributed by atoms with Gasteiger partial charge in [0, 0.05) is 12.6 Å². The van der Waals surface area contributed by atoms with Gasteiger partial charge >= 0.3 is 0 Å². The Kier molecular flexibility index (Phi) is 9.79. The second-order valence-electron chi connectivity index (χ2n) is 5.25. The molecule has 0 aliphatic carbocycles. The lowest BCUT2D eigenvalue weighted by atomic mass is 10.1. The number of halogens is 2. The number of nitrogens with one attached hydrogen (secondary N) is 2. The summed E-state index contributed by atoms with van der Waals surface area (Å²) in [6, 6.07) is 0.484. The maximum atomic E-state index is 12.2. The monoisotopic (exact) mass is 311 g/mol. The van der Waals surface area contributed by atoms with Crippen LogP contribution in [0.4, 0.5) is 0 Å². The molecule has 114 valence electrons. The number of piperidine rings is 1. The van der Waals surface area contributed by atoms with Gasteiger partial charge in [-0.15, -0.1) is 24.8 Å². The Bertz CT molecular complexity index is 260. The minimum Gasteiger partial charge on any atom is -0.351 e. The molecule has 4 nitrogen and oxygen atoms in total. The lowest BCUT2D eigenvalue weighted by Crippen LogP contribution is -2.51. The largest absolute Gasteiger partial charge is 0.351 e. The minimum atomic E-state index is 0. The van der Waals surface area contributed by atoms with Gasteiger partial charge in [0.05, 0.1) is 6.04 Å². The smallest absolute Gasteiger partial charge is 0.237 e. The summed E-state index contributed by atoms with van der Waals surface area (Å²) in [5.41, 5.74) is 0. The van der Waals surface area contributed by atoms with Crippen LogP contribution in [0, 0.1) is 0 Å². The summed E-state index contributed by atoms with van der Waals surface area (Å²) in [5.74, 6) is 0.254. The molecule has 0 aromatic carbocycles. The van der Waals surface area contributed by atoms with Gasteiger partial charge in [0.15, 0.2) is 0 Å². The highest BCUT2D eigenvalue weighted by molar-refractivity contribution is 5.85. The molecule has 6 heteroatoms. The van der Waals surface area contributed by atoms with Crippen LogP contribution in [-0.4, -0.2) is 49.1 Å². The van der Waals surface area contributed by atoms with Crippen LogP contribution in [0.3, 0.4) is 0 Å². The zero-order chi connectivity index (χ0) is 12.1. The third-order valence-corrected chi connectivity index (χ3v) is 3.82. The predicted octanol–water partition coefficient (Wildman–Crippen LogP) is 1.57. The van der Waals surface area contributed by atoms with Gasteiger partial charge in [-0.1, -0.05) is 6.92 Å². The number of hydrogen-bond donors (Lipinski definition) is 2. The Hall–Kier alpha value is -0.0300. The first kappa shape index (κ1) is 19.0. The van der Waals surface area contributed by atoms with Crippen molar-refractivity contribution >= 4 is 30.7 Å². The molecule has 2 N–H and O–H groups in total. The van der Waals surface area contributed by atoms with E-state index in [1.165, 1.54) is 12.8 Å².